The van der Waals surface area contributed by atoms with E-state index in [2.05, 4.69) is 15.9 Å². The molecule has 0 fully saturated rings. The van der Waals surface area contributed by atoms with Crippen LogP contribution in [0.5, 0.6) is 0 Å². The van der Waals surface area contributed by atoms with Crippen LogP contribution in [-0.4, -0.2) is 23.2 Å². The van der Waals surface area contributed by atoms with E-state index in [1.165, 1.54) is 0 Å². The number of carbonyl (C=O) groups is 1. The largest absolute Gasteiger partial charge is 0.396 e. The standard InChI is InChI=1S/C12H15BrO2S/c1-8(6-14)7-16-12-4-3-10(13)5-11(12)9(2)15/h3-5,8,14H,6-7H2,1-2H3. The minimum Gasteiger partial charge on any atom is -0.396 e. The summed E-state index contributed by atoms with van der Waals surface area (Å²) in [5.74, 6) is 1.13. The maximum absolute atomic E-state index is 11.4. The molecule has 0 bridgehead atoms. The highest BCUT2D eigenvalue weighted by Gasteiger charge is 2.09. The fourth-order valence-corrected chi connectivity index (χ4v) is 2.64. The average Bonchev–Trinajstić information content (AvgIpc) is 2.26. The number of hydrogen-bond donors (Lipinski definition) is 1. The Balaban J connectivity index is 2.82. The second-order valence-electron chi connectivity index (χ2n) is 3.80. The molecular formula is C12H15BrO2S. The van der Waals surface area contributed by atoms with Crippen LogP contribution >= 0.6 is 27.7 Å². The molecule has 1 atom stereocenters. The topological polar surface area (TPSA) is 37.3 Å². The molecule has 1 aromatic rings. The monoisotopic (exact) mass is 302 g/mol. The Labute approximate surface area is 109 Å². The summed E-state index contributed by atoms with van der Waals surface area (Å²) in [5, 5.41) is 8.95. The van der Waals surface area contributed by atoms with E-state index in [-0.39, 0.29) is 18.3 Å². The normalized spacial score (nSPS) is 12.5. The van der Waals surface area contributed by atoms with Crippen LogP contribution in [-0.2, 0) is 0 Å². The van der Waals surface area contributed by atoms with E-state index in [1.807, 2.05) is 25.1 Å². The second-order valence-corrected chi connectivity index (χ2v) is 5.77. The third kappa shape index (κ3) is 3.92. The zero-order valence-electron chi connectivity index (χ0n) is 9.37. The Morgan fingerprint density at radius 3 is 2.81 bits per heavy atom. The Bertz CT molecular complexity index is 379. The van der Waals surface area contributed by atoms with Crippen molar-refractivity contribution in [1.82, 2.24) is 0 Å². The van der Waals surface area contributed by atoms with Crippen molar-refractivity contribution in [3.8, 4) is 0 Å². The van der Waals surface area contributed by atoms with E-state index in [0.717, 1.165) is 20.7 Å². The van der Waals surface area contributed by atoms with E-state index in [0.29, 0.717) is 0 Å². The molecule has 0 spiro atoms. The minimum atomic E-state index is 0.0699. The van der Waals surface area contributed by atoms with Gasteiger partial charge in [-0.2, -0.15) is 0 Å². The molecule has 4 heteroatoms. The minimum absolute atomic E-state index is 0.0699. The fraction of sp³-hybridized carbons (Fsp3) is 0.417. The first-order valence-electron chi connectivity index (χ1n) is 5.08. The summed E-state index contributed by atoms with van der Waals surface area (Å²) in [5.41, 5.74) is 0.740. The average molecular weight is 303 g/mol. The summed E-state index contributed by atoms with van der Waals surface area (Å²) in [6.07, 6.45) is 0. The van der Waals surface area contributed by atoms with Crippen LogP contribution in [0.25, 0.3) is 0 Å². The molecule has 0 amide bonds. The zero-order chi connectivity index (χ0) is 12.1. The predicted octanol–water partition coefficient (Wildman–Crippen LogP) is 3.37. The lowest BCUT2D eigenvalue weighted by Crippen LogP contribution is -2.04. The highest BCUT2D eigenvalue weighted by atomic mass is 79.9. The lowest BCUT2D eigenvalue weighted by atomic mass is 10.1. The van der Waals surface area contributed by atoms with Gasteiger partial charge in [-0.05, 0) is 31.0 Å². The Morgan fingerprint density at radius 2 is 2.25 bits per heavy atom. The van der Waals surface area contributed by atoms with Gasteiger partial charge in [0.1, 0.15) is 0 Å². The molecule has 0 radical (unpaired) electrons. The molecule has 1 rings (SSSR count). The number of aliphatic hydroxyl groups excluding tert-OH is 1. The number of Topliss-reactive ketones (excluding diaryl/α,β-unsaturated/α-hetero) is 1. The molecule has 0 aliphatic carbocycles. The molecule has 0 heterocycles. The summed E-state index contributed by atoms with van der Waals surface area (Å²) in [6, 6.07) is 5.71. The number of carbonyl (C=O) groups excluding carboxylic acids is 1. The van der Waals surface area contributed by atoms with Crippen LogP contribution in [0.15, 0.2) is 27.6 Å². The number of thioether (sulfide) groups is 1. The van der Waals surface area contributed by atoms with E-state index in [1.54, 1.807) is 18.7 Å². The molecule has 1 unspecified atom stereocenters. The lowest BCUT2D eigenvalue weighted by Gasteiger charge is -2.10. The summed E-state index contributed by atoms with van der Waals surface area (Å²) in [7, 11) is 0. The van der Waals surface area contributed by atoms with Gasteiger partial charge in [0.25, 0.3) is 0 Å². The van der Waals surface area contributed by atoms with Crippen LogP contribution in [0.1, 0.15) is 24.2 Å². The van der Waals surface area contributed by atoms with Gasteiger partial charge in [0.05, 0.1) is 0 Å². The molecule has 88 valence electrons. The Hall–Kier alpha value is -0.320. The highest BCUT2D eigenvalue weighted by molar-refractivity contribution is 9.10. The van der Waals surface area contributed by atoms with Gasteiger partial charge in [-0.1, -0.05) is 22.9 Å². The first-order valence-corrected chi connectivity index (χ1v) is 6.86. The zero-order valence-corrected chi connectivity index (χ0v) is 11.8. The van der Waals surface area contributed by atoms with Gasteiger partial charge in [0, 0.05) is 27.3 Å². The van der Waals surface area contributed by atoms with Gasteiger partial charge in [0.2, 0.25) is 0 Å². The third-order valence-electron chi connectivity index (χ3n) is 2.16. The lowest BCUT2D eigenvalue weighted by molar-refractivity contribution is 0.101. The maximum Gasteiger partial charge on any atom is 0.160 e. The van der Waals surface area contributed by atoms with Crippen molar-refractivity contribution in [2.24, 2.45) is 5.92 Å². The first kappa shape index (κ1) is 13.7. The van der Waals surface area contributed by atoms with Crippen LogP contribution < -0.4 is 0 Å². The molecule has 0 aliphatic rings. The number of benzene rings is 1. The molecule has 1 N–H and O–H groups in total. The van der Waals surface area contributed by atoms with Crippen LogP contribution in [0.2, 0.25) is 0 Å². The summed E-state index contributed by atoms with van der Waals surface area (Å²) < 4.78 is 0.914. The second kappa shape index (κ2) is 6.42. The van der Waals surface area contributed by atoms with Crippen molar-refractivity contribution in [2.45, 2.75) is 18.7 Å². The van der Waals surface area contributed by atoms with Gasteiger partial charge < -0.3 is 5.11 Å². The molecule has 2 nitrogen and oxygen atoms in total. The van der Waals surface area contributed by atoms with Crippen molar-refractivity contribution >= 4 is 33.5 Å². The van der Waals surface area contributed by atoms with Crippen LogP contribution in [0.3, 0.4) is 0 Å². The first-order chi connectivity index (χ1) is 7.54. The quantitative estimate of drug-likeness (QED) is 0.669. The maximum atomic E-state index is 11.4. The number of halogens is 1. The SMILES string of the molecule is CC(=O)c1cc(Br)ccc1SCC(C)CO. The van der Waals surface area contributed by atoms with Crippen molar-refractivity contribution in [1.29, 1.82) is 0 Å². The summed E-state index contributed by atoms with van der Waals surface area (Å²) >= 11 is 4.97. The van der Waals surface area contributed by atoms with Crippen molar-refractivity contribution in [3.63, 3.8) is 0 Å². The van der Waals surface area contributed by atoms with Crippen molar-refractivity contribution in [2.75, 3.05) is 12.4 Å². The van der Waals surface area contributed by atoms with Crippen molar-refractivity contribution < 1.29 is 9.90 Å². The van der Waals surface area contributed by atoms with Gasteiger partial charge in [0.15, 0.2) is 5.78 Å². The summed E-state index contributed by atoms with van der Waals surface area (Å²) in [4.78, 5) is 12.4. The molecule has 0 saturated heterocycles. The molecule has 1 aromatic carbocycles. The van der Waals surface area contributed by atoms with E-state index in [4.69, 9.17) is 5.11 Å². The van der Waals surface area contributed by atoms with Gasteiger partial charge >= 0.3 is 0 Å². The predicted molar refractivity (Wildman–Crippen MR) is 71.1 cm³/mol. The number of hydrogen-bond acceptors (Lipinski definition) is 3. The molecular weight excluding hydrogens is 288 g/mol. The Kier molecular flexibility index (Phi) is 5.52. The van der Waals surface area contributed by atoms with Gasteiger partial charge in [-0.15, -0.1) is 11.8 Å². The molecule has 0 aromatic heterocycles. The van der Waals surface area contributed by atoms with E-state index < -0.39 is 0 Å². The third-order valence-corrected chi connectivity index (χ3v) is 4.05. The molecule has 0 aliphatic heterocycles. The number of aliphatic hydroxyl groups is 1. The summed E-state index contributed by atoms with van der Waals surface area (Å²) in [6.45, 7) is 3.74. The number of ketones is 1. The van der Waals surface area contributed by atoms with Crippen LogP contribution in [0.4, 0.5) is 0 Å². The molecule has 0 saturated carbocycles. The Morgan fingerprint density at radius 1 is 1.56 bits per heavy atom. The smallest absolute Gasteiger partial charge is 0.160 e. The fourth-order valence-electron chi connectivity index (χ4n) is 1.19. The van der Waals surface area contributed by atoms with E-state index >= 15 is 0 Å². The van der Waals surface area contributed by atoms with Crippen LogP contribution in [0, 0.1) is 5.92 Å². The molecule has 16 heavy (non-hydrogen) atoms. The number of rotatable bonds is 5. The van der Waals surface area contributed by atoms with Gasteiger partial charge in [-0.25, -0.2) is 0 Å². The highest BCUT2D eigenvalue weighted by Crippen LogP contribution is 2.27. The van der Waals surface area contributed by atoms with Gasteiger partial charge in [-0.3, -0.25) is 4.79 Å². The van der Waals surface area contributed by atoms with Crippen molar-refractivity contribution in [3.05, 3.63) is 28.2 Å². The van der Waals surface area contributed by atoms with E-state index in [9.17, 15) is 4.79 Å².